The van der Waals surface area contributed by atoms with E-state index in [4.69, 9.17) is 15.5 Å². The van der Waals surface area contributed by atoms with Gasteiger partial charge < -0.3 is 15.5 Å². The summed E-state index contributed by atoms with van der Waals surface area (Å²) in [4.78, 5) is 0. The first-order valence-electron chi connectivity index (χ1n) is 2.32. The zero-order valence-corrected chi connectivity index (χ0v) is 4.68. The summed E-state index contributed by atoms with van der Waals surface area (Å²) in [6, 6.07) is 0. The number of oxime groups is 2. The minimum absolute atomic E-state index is 0.139. The minimum atomic E-state index is -0.883. The normalized spacial score (nSPS) is 15.2. The Balaban J connectivity index is 3.37. The van der Waals surface area contributed by atoms with Gasteiger partial charge in [0.1, 0.15) is 0 Å². The molecule has 52 valence electrons. The molecule has 0 rings (SSSR count). The molecule has 0 unspecified atom stereocenters. The molecule has 0 aromatic heterocycles. The summed E-state index contributed by atoms with van der Waals surface area (Å²) in [5, 5.41) is 29.5. The van der Waals surface area contributed by atoms with Crippen LogP contribution in [0.1, 0.15) is 6.42 Å². The monoisotopic (exact) mass is 132 g/mol. The molecule has 3 N–H and O–H groups in total. The molecular formula is C4H8N2O3. The molecule has 0 aromatic rings. The van der Waals surface area contributed by atoms with Crippen LogP contribution in [0.4, 0.5) is 0 Å². The van der Waals surface area contributed by atoms with E-state index in [1.165, 1.54) is 0 Å². The van der Waals surface area contributed by atoms with Crippen LogP contribution in [0, 0.1) is 0 Å². The second-order valence-corrected chi connectivity index (χ2v) is 1.37. The first-order chi connectivity index (χ1) is 4.31. The molecule has 0 saturated carbocycles. The highest BCUT2D eigenvalue weighted by molar-refractivity contribution is 5.69. The molecule has 0 spiro atoms. The molecule has 0 aromatic carbocycles. The van der Waals surface area contributed by atoms with Gasteiger partial charge in [-0.1, -0.05) is 5.16 Å². The molecule has 0 amide bonds. The van der Waals surface area contributed by atoms with Crippen LogP contribution >= 0.6 is 0 Å². The highest BCUT2D eigenvalue weighted by Gasteiger charge is 1.94. The van der Waals surface area contributed by atoms with Gasteiger partial charge in [-0.05, 0) is 0 Å². The van der Waals surface area contributed by atoms with Crippen molar-refractivity contribution in [3.8, 4) is 0 Å². The van der Waals surface area contributed by atoms with Gasteiger partial charge in [-0.3, -0.25) is 0 Å². The molecule has 0 bridgehead atoms. The second-order valence-electron chi connectivity index (χ2n) is 1.37. The fourth-order valence-electron chi connectivity index (χ4n) is 0.293. The maximum absolute atomic E-state index is 8.67. The third-order valence-corrected chi connectivity index (χ3v) is 0.667. The molecule has 5 heteroatoms. The van der Waals surface area contributed by atoms with E-state index in [0.717, 1.165) is 12.4 Å². The van der Waals surface area contributed by atoms with Crippen molar-refractivity contribution in [2.75, 3.05) is 0 Å². The van der Waals surface area contributed by atoms with Gasteiger partial charge in [-0.15, -0.1) is 5.16 Å². The predicted molar refractivity (Wildman–Crippen MR) is 31.2 cm³/mol. The van der Waals surface area contributed by atoms with E-state index in [0.29, 0.717) is 0 Å². The molecule has 0 fully saturated rings. The van der Waals surface area contributed by atoms with Crippen molar-refractivity contribution in [3.63, 3.8) is 0 Å². The lowest BCUT2D eigenvalue weighted by Crippen LogP contribution is -2.07. The van der Waals surface area contributed by atoms with Gasteiger partial charge in [0.25, 0.3) is 0 Å². The Hall–Kier alpha value is -1.10. The third kappa shape index (κ3) is 4.76. The van der Waals surface area contributed by atoms with Gasteiger partial charge in [0.05, 0.1) is 12.3 Å². The lowest BCUT2D eigenvalue weighted by molar-refractivity contribution is 0.242. The SMILES string of the molecule is ON=C[C@H](O)C/C=N/O. The Labute approximate surface area is 51.9 Å². The number of aliphatic hydroxyl groups is 1. The Morgan fingerprint density at radius 1 is 1.33 bits per heavy atom. The Morgan fingerprint density at radius 3 is 2.44 bits per heavy atom. The van der Waals surface area contributed by atoms with Crippen LogP contribution in [0.25, 0.3) is 0 Å². The van der Waals surface area contributed by atoms with Crippen LogP contribution < -0.4 is 0 Å². The average Bonchev–Trinajstić information content (AvgIpc) is 1.85. The summed E-state index contributed by atoms with van der Waals surface area (Å²) in [6.45, 7) is 0. The molecule has 0 aliphatic carbocycles. The summed E-state index contributed by atoms with van der Waals surface area (Å²) in [5.74, 6) is 0. The molecule has 9 heavy (non-hydrogen) atoms. The van der Waals surface area contributed by atoms with Crippen LogP contribution in [0.2, 0.25) is 0 Å². The number of aliphatic hydroxyl groups excluding tert-OH is 1. The largest absolute Gasteiger partial charge is 0.411 e. The van der Waals surface area contributed by atoms with Gasteiger partial charge in [-0.2, -0.15) is 0 Å². The van der Waals surface area contributed by atoms with Crippen molar-refractivity contribution in [1.29, 1.82) is 0 Å². The second kappa shape index (κ2) is 5.04. The molecule has 5 nitrogen and oxygen atoms in total. The Bertz CT molecular complexity index is 112. The average molecular weight is 132 g/mol. The Morgan fingerprint density at radius 2 is 2.00 bits per heavy atom. The van der Waals surface area contributed by atoms with Crippen LogP contribution in [0.5, 0.6) is 0 Å². The van der Waals surface area contributed by atoms with Crippen LogP contribution in [0.15, 0.2) is 10.3 Å². The smallest absolute Gasteiger partial charge is 0.0974 e. The fraction of sp³-hybridized carbons (Fsp3) is 0.500. The van der Waals surface area contributed by atoms with E-state index in [2.05, 4.69) is 10.3 Å². The van der Waals surface area contributed by atoms with Gasteiger partial charge in [0.2, 0.25) is 0 Å². The fourth-order valence-corrected chi connectivity index (χ4v) is 0.293. The van der Waals surface area contributed by atoms with E-state index in [1.807, 2.05) is 0 Å². The zero-order chi connectivity index (χ0) is 7.11. The summed E-state index contributed by atoms with van der Waals surface area (Å²) < 4.78 is 0. The van der Waals surface area contributed by atoms with Crippen molar-refractivity contribution in [1.82, 2.24) is 0 Å². The lowest BCUT2D eigenvalue weighted by atomic mass is 10.3. The highest BCUT2D eigenvalue weighted by Crippen LogP contribution is 1.82. The maximum Gasteiger partial charge on any atom is 0.0974 e. The third-order valence-electron chi connectivity index (χ3n) is 0.667. The number of hydrogen-bond acceptors (Lipinski definition) is 5. The molecule has 0 aliphatic rings. The van der Waals surface area contributed by atoms with Crippen LogP contribution in [-0.4, -0.2) is 34.1 Å². The number of hydrogen-bond donors (Lipinski definition) is 3. The quantitative estimate of drug-likeness (QED) is 0.279. The summed E-state index contributed by atoms with van der Waals surface area (Å²) in [7, 11) is 0. The van der Waals surface area contributed by atoms with E-state index >= 15 is 0 Å². The van der Waals surface area contributed by atoms with Gasteiger partial charge in [0, 0.05) is 12.6 Å². The first-order valence-corrected chi connectivity index (χ1v) is 2.32. The lowest BCUT2D eigenvalue weighted by Gasteiger charge is -1.94. The first kappa shape index (κ1) is 7.90. The zero-order valence-electron chi connectivity index (χ0n) is 4.68. The standard InChI is InChI=1S/C4H8N2O3/c7-4(3-6-9)1-2-5-8/h2-4,7-9H,1H2/b5-2+,6-3?/t4-/m1/s1. The number of rotatable bonds is 3. The van der Waals surface area contributed by atoms with Crippen LogP contribution in [0.3, 0.4) is 0 Å². The molecule has 1 atom stereocenters. The minimum Gasteiger partial charge on any atom is -0.411 e. The van der Waals surface area contributed by atoms with Gasteiger partial charge in [0.15, 0.2) is 0 Å². The number of nitrogens with zero attached hydrogens (tertiary/aromatic N) is 2. The van der Waals surface area contributed by atoms with E-state index in [9.17, 15) is 0 Å². The summed E-state index contributed by atoms with van der Waals surface area (Å²) in [5.41, 5.74) is 0. The van der Waals surface area contributed by atoms with Crippen molar-refractivity contribution >= 4 is 12.4 Å². The van der Waals surface area contributed by atoms with Crippen LogP contribution in [-0.2, 0) is 0 Å². The molecule has 0 aliphatic heterocycles. The highest BCUT2D eigenvalue weighted by atomic mass is 16.4. The molecular weight excluding hydrogens is 124 g/mol. The summed E-state index contributed by atoms with van der Waals surface area (Å²) in [6.07, 6.45) is 1.29. The van der Waals surface area contributed by atoms with Crippen molar-refractivity contribution in [2.45, 2.75) is 12.5 Å². The predicted octanol–water partition coefficient (Wildman–Crippen LogP) is -0.343. The van der Waals surface area contributed by atoms with Gasteiger partial charge >= 0.3 is 0 Å². The van der Waals surface area contributed by atoms with E-state index in [1.54, 1.807) is 0 Å². The maximum atomic E-state index is 8.67. The molecule has 0 saturated heterocycles. The van der Waals surface area contributed by atoms with Crippen molar-refractivity contribution in [2.24, 2.45) is 10.3 Å². The van der Waals surface area contributed by atoms with Crippen molar-refractivity contribution in [3.05, 3.63) is 0 Å². The molecule has 0 heterocycles. The summed E-state index contributed by atoms with van der Waals surface area (Å²) >= 11 is 0. The topological polar surface area (TPSA) is 85.4 Å². The van der Waals surface area contributed by atoms with E-state index in [-0.39, 0.29) is 6.42 Å². The molecule has 0 radical (unpaired) electrons. The van der Waals surface area contributed by atoms with Crippen molar-refractivity contribution < 1.29 is 15.5 Å². The Kier molecular flexibility index (Phi) is 4.43. The van der Waals surface area contributed by atoms with Gasteiger partial charge in [-0.25, -0.2) is 0 Å². The van der Waals surface area contributed by atoms with E-state index < -0.39 is 6.10 Å².